The van der Waals surface area contributed by atoms with E-state index in [2.05, 4.69) is 67.7 Å². The lowest BCUT2D eigenvalue weighted by atomic mass is 10.2. The number of amides is 3. The van der Waals surface area contributed by atoms with Gasteiger partial charge in [0, 0.05) is 6.54 Å². The Kier molecular flexibility index (Phi) is 7.52. The van der Waals surface area contributed by atoms with Gasteiger partial charge in [-0.1, -0.05) is 41.5 Å². The molecular formula is C19H40N2O4Si2. The molecule has 0 aromatic rings. The number of carbonyl (C=O) groups is 2. The maximum Gasteiger partial charge on any atom is 0.327 e. The van der Waals surface area contributed by atoms with Gasteiger partial charge in [0.1, 0.15) is 6.54 Å². The van der Waals surface area contributed by atoms with Gasteiger partial charge < -0.3 is 13.8 Å². The van der Waals surface area contributed by atoms with Gasteiger partial charge in [0.15, 0.2) is 16.6 Å². The first-order valence-corrected chi connectivity index (χ1v) is 15.7. The summed E-state index contributed by atoms with van der Waals surface area (Å²) in [6.07, 6.45) is 0. The van der Waals surface area contributed by atoms with Gasteiger partial charge >= 0.3 is 6.03 Å². The van der Waals surface area contributed by atoms with Gasteiger partial charge in [0.2, 0.25) is 5.91 Å². The Balaban J connectivity index is 2.52. The van der Waals surface area contributed by atoms with E-state index in [-0.39, 0.29) is 28.6 Å². The van der Waals surface area contributed by atoms with Gasteiger partial charge in [0.25, 0.3) is 0 Å². The van der Waals surface area contributed by atoms with Crippen molar-refractivity contribution in [3.05, 3.63) is 0 Å². The van der Waals surface area contributed by atoms with Crippen LogP contribution in [0.3, 0.4) is 0 Å². The molecule has 1 aliphatic rings. The predicted molar refractivity (Wildman–Crippen MR) is 115 cm³/mol. The van der Waals surface area contributed by atoms with Crippen LogP contribution in [0.5, 0.6) is 0 Å². The average Bonchev–Trinajstić information content (AvgIpc) is 2.72. The second-order valence-corrected chi connectivity index (χ2v) is 20.1. The van der Waals surface area contributed by atoms with Gasteiger partial charge in [-0.3, -0.25) is 9.69 Å². The van der Waals surface area contributed by atoms with Crippen LogP contribution in [0.15, 0.2) is 0 Å². The molecule has 0 radical (unpaired) electrons. The first-order valence-electron chi connectivity index (χ1n) is 9.87. The lowest BCUT2D eigenvalue weighted by molar-refractivity contribution is -0.125. The highest BCUT2D eigenvalue weighted by atomic mass is 28.4. The monoisotopic (exact) mass is 416 g/mol. The molecule has 0 spiro atoms. The van der Waals surface area contributed by atoms with Crippen LogP contribution in [0.4, 0.5) is 4.79 Å². The molecule has 0 saturated carbocycles. The molecule has 0 atom stereocenters. The van der Waals surface area contributed by atoms with Crippen molar-refractivity contribution in [3.8, 4) is 0 Å². The van der Waals surface area contributed by atoms with Gasteiger partial charge in [0.05, 0.1) is 19.8 Å². The third kappa shape index (κ3) is 6.14. The molecule has 1 rings (SSSR count). The van der Waals surface area contributed by atoms with Crippen molar-refractivity contribution < 1.29 is 18.4 Å². The standard InChI is InChI=1S/C19H40N2O4Si2/c1-18(2,3)26(7,8)24-13-11-20-15-16(22)21(17(20)23)12-14-25-27(9,10)19(4,5)6/h11-15H2,1-10H3. The molecule has 1 aliphatic heterocycles. The third-order valence-electron chi connectivity index (χ3n) is 6.34. The number of hydrogen-bond acceptors (Lipinski definition) is 4. The first-order chi connectivity index (χ1) is 12.0. The van der Waals surface area contributed by atoms with Crippen molar-refractivity contribution in [2.45, 2.75) is 77.8 Å². The van der Waals surface area contributed by atoms with Crippen LogP contribution in [-0.2, 0) is 13.6 Å². The SMILES string of the molecule is CC(C)(C)[Si](C)(C)OCCN1CC(=O)N(CCO[Si](C)(C)C(C)(C)C)C1=O. The zero-order valence-electron chi connectivity index (χ0n) is 19.1. The van der Waals surface area contributed by atoms with Crippen molar-refractivity contribution in [2.24, 2.45) is 0 Å². The minimum atomic E-state index is -1.88. The van der Waals surface area contributed by atoms with Crippen molar-refractivity contribution in [1.29, 1.82) is 0 Å². The van der Waals surface area contributed by atoms with E-state index < -0.39 is 16.6 Å². The van der Waals surface area contributed by atoms with E-state index in [0.29, 0.717) is 26.3 Å². The summed E-state index contributed by atoms with van der Waals surface area (Å²) in [5.41, 5.74) is 0. The van der Waals surface area contributed by atoms with Crippen LogP contribution < -0.4 is 0 Å². The summed E-state index contributed by atoms with van der Waals surface area (Å²) in [6.45, 7) is 23.6. The van der Waals surface area contributed by atoms with Crippen molar-refractivity contribution in [3.63, 3.8) is 0 Å². The average molecular weight is 417 g/mol. The molecule has 0 aliphatic carbocycles. The molecule has 0 N–H and O–H groups in total. The van der Waals surface area contributed by atoms with Gasteiger partial charge in [-0.25, -0.2) is 4.79 Å². The van der Waals surface area contributed by atoms with E-state index in [1.54, 1.807) is 4.90 Å². The normalized spacial score (nSPS) is 17.3. The molecule has 27 heavy (non-hydrogen) atoms. The van der Waals surface area contributed by atoms with E-state index in [0.717, 1.165) is 0 Å². The van der Waals surface area contributed by atoms with Crippen molar-refractivity contribution >= 4 is 28.6 Å². The second-order valence-electron chi connectivity index (χ2n) is 10.5. The van der Waals surface area contributed by atoms with E-state index >= 15 is 0 Å². The van der Waals surface area contributed by atoms with E-state index in [4.69, 9.17) is 8.85 Å². The highest BCUT2D eigenvalue weighted by Crippen LogP contribution is 2.37. The molecule has 0 bridgehead atoms. The number of nitrogens with zero attached hydrogens (tertiary/aromatic N) is 2. The number of imide groups is 1. The fraction of sp³-hybridized carbons (Fsp3) is 0.895. The Labute approximate surface area is 167 Å². The first kappa shape index (κ1) is 24.3. The quantitative estimate of drug-likeness (QED) is 0.437. The summed E-state index contributed by atoms with van der Waals surface area (Å²) < 4.78 is 12.2. The van der Waals surface area contributed by atoms with Crippen LogP contribution in [0.2, 0.25) is 36.3 Å². The fourth-order valence-corrected chi connectivity index (χ4v) is 4.29. The van der Waals surface area contributed by atoms with Crippen LogP contribution in [0.25, 0.3) is 0 Å². The molecule has 0 aromatic carbocycles. The van der Waals surface area contributed by atoms with E-state index in [1.165, 1.54) is 4.90 Å². The maximum atomic E-state index is 12.6. The van der Waals surface area contributed by atoms with E-state index in [9.17, 15) is 9.59 Å². The van der Waals surface area contributed by atoms with Gasteiger partial charge in [-0.2, -0.15) is 0 Å². The smallest absolute Gasteiger partial charge is 0.327 e. The number of urea groups is 1. The maximum absolute atomic E-state index is 12.6. The molecule has 0 aromatic heterocycles. The lowest BCUT2D eigenvalue weighted by Gasteiger charge is -2.36. The zero-order valence-corrected chi connectivity index (χ0v) is 21.1. The summed E-state index contributed by atoms with van der Waals surface area (Å²) >= 11 is 0. The molecule has 3 amide bonds. The topological polar surface area (TPSA) is 59.1 Å². The Morgan fingerprint density at radius 3 is 1.63 bits per heavy atom. The van der Waals surface area contributed by atoms with Gasteiger partial charge in [-0.05, 0) is 36.3 Å². The zero-order chi connectivity index (χ0) is 21.3. The largest absolute Gasteiger partial charge is 0.415 e. The Morgan fingerprint density at radius 1 is 0.815 bits per heavy atom. The summed E-state index contributed by atoms with van der Waals surface area (Å²) in [7, 11) is -3.72. The number of rotatable bonds is 8. The minimum absolute atomic E-state index is 0.110. The second kappa shape index (κ2) is 8.35. The van der Waals surface area contributed by atoms with Gasteiger partial charge in [-0.15, -0.1) is 0 Å². The predicted octanol–water partition coefficient (Wildman–Crippen LogP) is 4.29. The molecule has 0 unspecified atom stereocenters. The summed E-state index contributed by atoms with van der Waals surface area (Å²) in [5.74, 6) is -0.147. The van der Waals surface area contributed by atoms with Crippen LogP contribution in [0.1, 0.15) is 41.5 Å². The molecule has 1 heterocycles. The lowest BCUT2D eigenvalue weighted by Crippen LogP contribution is -2.44. The van der Waals surface area contributed by atoms with Crippen LogP contribution in [0, 0.1) is 0 Å². The fourth-order valence-electron chi connectivity index (χ4n) is 2.22. The Hall–Kier alpha value is -0.706. The number of carbonyl (C=O) groups excluding carboxylic acids is 2. The molecule has 1 fully saturated rings. The molecule has 8 heteroatoms. The Morgan fingerprint density at radius 2 is 1.22 bits per heavy atom. The highest BCUT2D eigenvalue weighted by Gasteiger charge is 2.40. The van der Waals surface area contributed by atoms with Crippen LogP contribution >= 0.6 is 0 Å². The van der Waals surface area contributed by atoms with Crippen molar-refractivity contribution in [1.82, 2.24) is 9.80 Å². The molecular weight excluding hydrogens is 376 g/mol. The Bertz CT molecular complexity index is 551. The molecule has 1 saturated heterocycles. The van der Waals surface area contributed by atoms with E-state index in [1.807, 2.05) is 0 Å². The third-order valence-corrected chi connectivity index (χ3v) is 15.4. The minimum Gasteiger partial charge on any atom is -0.415 e. The highest BCUT2D eigenvalue weighted by molar-refractivity contribution is 6.74. The van der Waals surface area contributed by atoms with Crippen LogP contribution in [-0.4, -0.2) is 71.2 Å². The molecule has 6 nitrogen and oxygen atoms in total. The summed E-state index contributed by atoms with van der Waals surface area (Å²) in [4.78, 5) is 27.7. The number of hydrogen-bond donors (Lipinski definition) is 0. The van der Waals surface area contributed by atoms with Crippen molar-refractivity contribution in [2.75, 3.05) is 32.8 Å². The molecule has 158 valence electrons. The summed E-state index contributed by atoms with van der Waals surface area (Å²) in [6, 6.07) is -0.224. The summed E-state index contributed by atoms with van der Waals surface area (Å²) in [5, 5.41) is 0.240.